The first-order chi connectivity index (χ1) is 10.3. The molecule has 0 saturated heterocycles. The molecule has 1 aromatic carbocycles. The van der Waals surface area contributed by atoms with Crippen LogP contribution in [0, 0.1) is 0 Å². The molecule has 0 fully saturated rings. The normalized spacial score (nSPS) is 14.0. The zero-order valence-electron chi connectivity index (χ0n) is 11.5. The number of nitrogens with one attached hydrogen (secondary N) is 1. The Labute approximate surface area is 127 Å². The number of nitrogens with zero attached hydrogens (tertiary/aromatic N) is 2. The molecule has 7 heteroatoms. The van der Waals surface area contributed by atoms with Gasteiger partial charge in [0.25, 0.3) is 0 Å². The fraction of sp³-hybridized carbons (Fsp3) is 0.429. The number of halogens is 1. The lowest BCUT2D eigenvalue weighted by atomic mass is 10.2. The Morgan fingerprint density at radius 3 is 3.00 bits per heavy atom. The van der Waals surface area contributed by atoms with Crippen molar-refractivity contribution in [2.24, 2.45) is 0 Å². The average Bonchev–Trinajstić information content (AvgIpc) is 2.87. The second-order valence-corrected chi connectivity index (χ2v) is 5.14. The number of rotatable bonds is 5. The van der Waals surface area contributed by atoms with Crippen LogP contribution in [0.2, 0.25) is 5.02 Å². The first-order valence-electron chi connectivity index (χ1n) is 6.87. The number of aromatic nitrogens is 2. The van der Waals surface area contributed by atoms with Crippen molar-refractivity contribution in [1.29, 1.82) is 0 Å². The molecule has 1 aliphatic rings. The molecule has 0 radical (unpaired) electrons. The second kappa shape index (κ2) is 6.78. The first kappa shape index (κ1) is 14.2. The van der Waals surface area contributed by atoms with E-state index < -0.39 is 0 Å². The zero-order valence-corrected chi connectivity index (χ0v) is 12.2. The van der Waals surface area contributed by atoms with Crippen LogP contribution >= 0.6 is 11.6 Å². The molecule has 112 valence electrons. The summed E-state index contributed by atoms with van der Waals surface area (Å²) in [6, 6.07) is 3.87. The molecule has 0 atom stereocenters. The van der Waals surface area contributed by atoms with Crippen molar-refractivity contribution in [3.8, 4) is 11.5 Å². The van der Waals surface area contributed by atoms with Gasteiger partial charge in [0.2, 0.25) is 6.39 Å². The molecule has 1 N–H and O–H groups in total. The smallest absolute Gasteiger partial charge is 0.213 e. The van der Waals surface area contributed by atoms with E-state index in [2.05, 4.69) is 20.0 Å². The van der Waals surface area contributed by atoms with Gasteiger partial charge in [-0.05, 0) is 17.7 Å². The van der Waals surface area contributed by atoms with Crippen LogP contribution in [0.15, 0.2) is 23.0 Å². The number of hydrogen-bond donors (Lipinski definition) is 1. The maximum atomic E-state index is 6.25. The van der Waals surface area contributed by atoms with Crippen LogP contribution < -0.4 is 14.8 Å². The van der Waals surface area contributed by atoms with E-state index in [4.69, 9.17) is 21.1 Å². The fourth-order valence-electron chi connectivity index (χ4n) is 2.12. The molecule has 0 bridgehead atoms. The summed E-state index contributed by atoms with van der Waals surface area (Å²) in [5.41, 5.74) is 1.05. The molecule has 2 heterocycles. The van der Waals surface area contributed by atoms with Crippen molar-refractivity contribution in [2.45, 2.75) is 19.4 Å². The lowest BCUT2D eigenvalue weighted by Gasteiger charge is -2.12. The number of benzene rings is 1. The summed E-state index contributed by atoms with van der Waals surface area (Å²) in [4.78, 5) is 3.97. The molecule has 1 aliphatic heterocycles. The van der Waals surface area contributed by atoms with Crippen LogP contribution in [0.4, 0.5) is 0 Å². The Hall–Kier alpha value is -1.79. The summed E-state index contributed by atoms with van der Waals surface area (Å²) in [5, 5.41) is 7.66. The number of fused-ring (bicyclic) bond motifs is 1. The van der Waals surface area contributed by atoms with Crippen LogP contribution in [0.25, 0.3) is 0 Å². The van der Waals surface area contributed by atoms with E-state index in [1.165, 1.54) is 6.39 Å². The highest BCUT2D eigenvalue weighted by molar-refractivity contribution is 6.32. The lowest BCUT2D eigenvalue weighted by Crippen LogP contribution is -2.17. The molecule has 0 amide bonds. The fourth-order valence-corrected chi connectivity index (χ4v) is 2.41. The van der Waals surface area contributed by atoms with Crippen LogP contribution in [-0.4, -0.2) is 29.9 Å². The molecule has 3 rings (SSSR count). The van der Waals surface area contributed by atoms with E-state index in [9.17, 15) is 0 Å². The minimum atomic E-state index is 0.587. The zero-order chi connectivity index (χ0) is 14.5. The van der Waals surface area contributed by atoms with Crippen LogP contribution in [0.3, 0.4) is 0 Å². The largest absolute Gasteiger partial charge is 0.489 e. The highest BCUT2D eigenvalue weighted by Gasteiger charge is 2.15. The topological polar surface area (TPSA) is 69.4 Å². The summed E-state index contributed by atoms with van der Waals surface area (Å²) < 4.78 is 16.0. The van der Waals surface area contributed by atoms with Crippen molar-refractivity contribution in [3.05, 3.63) is 34.9 Å². The molecule has 21 heavy (non-hydrogen) atoms. The average molecular weight is 310 g/mol. The summed E-state index contributed by atoms with van der Waals surface area (Å²) in [5.74, 6) is 2.05. The number of hydrogen-bond acceptors (Lipinski definition) is 6. The van der Waals surface area contributed by atoms with E-state index in [1.54, 1.807) is 0 Å². The summed E-state index contributed by atoms with van der Waals surface area (Å²) in [7, 11) is 0. The van der Waals surface area contributed by atoms with Crippen molar-refractivity contribution in [3.63, 3.8) is 0 Å². The quantitative estimate of drug-likeness (QED) is 0.854. The van der Waals surface area contributed by atoms with E-state index >= 15 is 0 Å². The molecule has 6 nitrogen and oxygen atoms in total. The Balaban J connectivity index is 1.58. The van der Waals surface area contributed by atoms with Gasteiger partial charge >= 0.3 is 0 Å². The van der Waals surface area contributed by atoms with Crippen LogP contribution in [0.1, 0.15) is 17.8 Å². The molecular formula is C14H16ClN3O3. The van der Waals surface area contributed by atoms with Gasteiger partial charge in [-0.1, -0.05) is 16.8 Å². The lowest BCUT2D eigenvalue weighted by molar-refractivity contribution is 0.297. The Morgan fingerprint density at radius 2 is 2.14 bits per heavy atom. The van der Waals surface area contributed by atoms with Gasteiger partial charge in [-0.15, -0.1) is 0 Å². The van der Waals surface area contributed by atoms with E-state index in [-0.39, 0.29) is 0 Å². The van der Waals surface area contributed by atoms with E-state index in [0.717, 1.165) is 30.7 Å². The maximum Gasteiger partial charge on any atom is 0.213 e. The molecule has 0 saturated carbocycles. The van der Waals surface area contributed by atoms with E-state index in [1.807, 2.05) is 12.1 Å². The van der Waals surface area contributed by atoms with Gasteiger partial charge in [-0.2, -0.15) is 4.98 Å². The minimum absolute atomic E-state index is 0.587. The van der Waals surface area contributed by atoms with Gasteiger partial charge in [0, 0.05) is 25.9 Å². The minimum Gasteiger partial charge on any atom is -0.489 e. The summed E-state index contributed by atoms with van der Waals surface area (Å²) in [6.07, 6.45) is 2.91. The molecule has 2 aromatic rings. The van der Waals surface area contributed by atoms with Gasteiger partial charge in [0.05, 0.1) is 18.2 Å². The third-order valence-electron chi connectivity index (χ3n) is 3.12. The maximum absolute atomic E-state index is 6.25. The standard InChI is InChI=1S/C14H16ClN3O3/c15-11-6-10(7-12-14(11)20-5-1-4-19-12)8-16-3-2-13-17-9-21-18-13/h6-7,9,16H,1-5,8H2. The third-order valence-corrected chi connectivity index (χ3v) is 3.40. The van der Waals surface area contributed by atoms with Gasteiger partial charge in [0.15, 0.2) is 17.3 Å². The second-order valence-electron chi connectivity index (χ2n) is 4.73. The van der Waals surface area contributed by atoms with Crippen molar-refractivity contribution >= 4 is 11.6 Å². The summed E-state index contributed by atoms with van der Waals surface area (Å²) >= 11 is 6.25. The van der Waals surface area contributed by atoms with Gasteiger partial charge < -0.3 is 19.3 Å². The Bertz CT molecular complexity index is 589. The Kier molecular flexibility index (Phi) is 4.57. The highest BCUT2D eigenvalue weighted by atomic mass is 35.5. The molecule has 1 aromatic heterocycles. The van der Waals surface area contributed by atoms with Crippen LogP contribution in [0.5, 0.6) is 11.5 Å². The monoisotopic (exact) mass is 309 g/mol. The summed E-state index contributed by atoms with van der Waals surface area (Å²) in [6.45, 7) is 2.73. The molecular weight excluding hydrogens is 294 g/mol. The molecule has 0 unspecified atom stereocenters. The predicted octanol–water partition coefficient (Wildman–Crippen LogP) is 2.22. The SMILES string of the molecule is Clc1cc(CNCCc2ncon2)cc2c1OCCCO2. The van der Waals surface area contributed by atoms with Crippen molar-refractivity contribution in [1.82, 2.24) is 15.5 Å². The van der Waals surface area contributed by atoms with Crippen LogP contribution in [-0.2, 0) is 13.0 Å². The van der Waals surface area contributed by atoms with Crippen molar-refractivity contribution < 1.29 is 14.0 Å². The third kappa shape index (κ3) is 3.65. The Morgan fingerprint density at radius 1 is 1.24 bits per heavy atom. The predicted molar refractivity (Wildman–Crippen MR) is 76.8 cm³/mol. The van der Waals surface area contributed by atoms with Gasteiger partial charge in [-0.3, -0.25) is 0 Å². The van der Waals surface area contributed by atoms with Crippen molar-refractivity contribution in [2.75, 3.05) is 19.8 Å². The van der Waals surface area contributed by atoms with E-state index in [0.29, 0.717) is 36.4 Å². The number of ether oxygens (including phenoxy) is 2. The highest BCUT2D eigenvalue weighted by Crippen LogP contribution is 2.37. The molecule has 0 spiro atoms. The first-order valence-corrected chi connectivity index (χ1v) is 7.25. The van der Waals surface area contributed by atoms with Gasteiger partial charge in [0.1, 0.15) is 0 Å². The van der Waals surface area contributed by atoms with Gasteiger partial charge in [-0.25, -0.2) is 0 Å². The molecule has 0 aliphatic carbocycles.